The zero-order valence-corrected chi connectivity index (χ0v) is 24.3. The summed E-state index contributed by atoms with van der Waals surface area (Å²) in [4.78, 5) is 26.7. The summed E-state index contributed by atoms with van der Waals surface area (Å²) >= 11 is 17.0. The number of nitrogens with zero attached hydrogens (tertiary/aromatic N) is 1. The van der Waals surface area contributed by atoms with Crippen molar-refractivity contribution in [3.8, 4) is 5.75 Å². The smallest absolute Gasteiger partial charge is 0.326 e. The van der Waals surface area contributed by atoms with Gasteiger partial charge in [-0.3, -0.25) is 4.79 Å². The van der Waals surface area contributed by atoms with E-state index in [0.29, 0.717) is 27.8 Å². The molecular formula is C26H21Cl2I2NO4. The normalized spacial score (nSPS) is 15.0. The van der Waals surface area contributed by atoms with Crippen molar-refractivity contribution in [3.05, 3.63) is 94.0 Å². The van der Waals surface area contributed by atoms with Crippen molar-refractivity contribution >= 4 is 80.3 Å². The van der Waals surface area contributed by atoms with E-state index in [9.17, 15) is 14.7 Å². The summed E-state index contributed by atoms with van der Waals surface area (Å²) < 4.78 is 7.87. The molecular weight excluding hydrogens is 715 g/mol. The number of carbonyl (C=O) groups excluding carboxylic acids is 1. The molecule has 0 aromatic heterocycles. The van der Waals surface area contributed by atoms with Gasteiger partial charge in [-0.05, 0) is 86.5 Å². The molecule has 3 aromatic rings. The highest BCUT2D eigenvalue weighted by molar-refractivity contribution is 14.1. The summed E-state index contributed by atoms with van der Waals surface area (Å²) in [5, 5.41) is 10.9. The molecule has 5 nitrogen and oxygen atoms in total. The van der Waals surface area contributed by atoms with Gasteiger partial charge in [0.25, 0.3) is 0 Å². The second kappa shape index (κ2) is 11.7. The van der Waals surface area contributed by atoms with Crippen molar-refractivity contribution < 1.29 is 19.4 Å². The van der Waals surface area contributed by atoms with Crippen molar-refractivity contribution in [1.82, 2.24) is 4.90 Å². The number of benzene rings is 3. The van der Waals surface area contributed by atoms with E-state index in [1.165, 1.54) is 4.90 Å². The highest BCUT2D eigenvalue weighted by atomic mass is 127. The maximum Gasteiger partial charge on any atom is 0.326 e. The molecule has 0 radical (unpaired) electrons. The molecule has 35 heavy (non-hydrogen) atoms. The Morgan fingerprint density at radius 3 is 2.40 bits per heavy atom. The number of ether oxygens (including phenoxy) is 1. The van der Waals surface area contributed by atoms with Gasteiger partial charge < -0.3 is 14.7 Å². The Morgan fingerprint density at radius 1 is 1.06 bits per heavy atom. The van der Waals surface area contributed by atoms with Gasteiger partial charge in [-0.2, -0.15) is 0 Å². The van der Waals surface area contributed by atoms with E-state index in [1.807, 2.05) is 36.4 Å². The minimum atomic E-state index is -0.998. The Bertz CT molecular complexity index is 1250. The van der Waals surface area contributed by atoms with Crippen LogP contribution >= 0.6 is 68.4 Å². The lowest BCUT2D eigenvalue weighted by atomic mass is 9.93. The molecule has 0 spiro atoms. The van der Waals surface area contributed by atoms with Gasteiger partial charge in [-0.15, -0.1) is 0 Å². The van der Waals surface area contributed by atoms with Crippen LogP contribution in [-0.4, -0.2) is 27.9 Å². The topological polar surface area (TPSA) is 66.8 Å². The molecule has 1 aliphatic heterocycles. The van der Waals surface area contributed by atoms with Crippen molar-refractivity contribution in [3.63, 3.8) is 0 Å². The van der Waals surface area contributed by atoms with Gasteiger partial charge in [0, 0.05) is 35.0 Å². The number of aliphatic carboxylic acids is 1. The van der Waals surface area contributed by atoms with Crippen LogP contribution in [0.5, 0.6) is 5.75 Å². The first-order valence-electron chi connectivity index (χ1n) is 10.9. The molecule has 4 rings (SSSR count). The van der Waals surface area contributed by atoms with Gasteiger partial charge in [0.05, 0.1) is 7.14 Å². The summed E-state index contributed by atoms with van der Waals surface area (Å²) in [7, 11) is 0. The quantitative estimate of drug-likeness (QED) is 0.273. The van der Waals surface area contributed by atoms with Crippen LogP contribution in [0.2, 0.25) is 10.0 Å². The Labute approximate surface area is 241 Å². The lowest BCUT2D eigenvalue weighted by Crippen LogP contribution is -2.49. The van der Waals surface area contributed by atoms with Crippen molar-refractivity contribution in [2.24, 2.45) is 0 Å². The average Bonchev–Trinajstić information content (AvgIpc) is 2.83. The van der Waals surface area contributed by atoms with Gasteiger partial charge in [-0.25, -0.2) is 4.79 Å². The number of hydrogen-bond acceptors (Lipinski definition) is 3. The fourth-order valence-corrected chi connectivity index (χ4v) is 6.90. The molecule has 0 unspecified atom stereocenters. The SMILES string of the molecule is O=C(O)[C@@H]1Cc2cc(I)c(OCc3c(Cl)cccc3Cl)c(I)c2CN1C(=O)CCc1ccccc1. The summed E-state index contributed by atoms with van der Waals surface area (Å²) in [5.74, 6) is -0.500. The van der Waals surface area contributed by atoms with Crippen LogP contribution in [0.4, 0.5) is 0 Å². The molecule has 0 fully saturated rings. The highest BCUT2D eigenvalue weighted by Crippen LogP contribution is 2.38. The largest absolute Gasteiger partial charge is 0.487 e. The molecule has 3 aromatic carbocycles. The number of carbonyl (C=O) groups is 2. The number of amides is 1. The summed E-state index contributed by atoms with van der Waals surface area (Å²) in [6.45, 7) is 0.416. The van der Waals surface area contributed by atoms with Crippen molar-refractivity contribution in [1.29, 1.82) is 0 Å². The zero-order valence-electron chi connectivity index (χ0n) is 18.4. The second-order valence-corrected chi connectivity index (χ2v) is 11.2. The van der Waals surface area contributed by atoms with Crippen molar-refractivity contribution in [2.45, 2.75) is 38.5 Å². The molecule has 1 atom stereocenters. The standard InChI is InChI=1S/C26H21Cl2I2NO4/c27-19-7-4-8-20(28)18(19)14-35-25-21(29)11-16-12-22(26(33)34)31(13-17(16)24(25)30)23(32)10-9-15-5-2-1-3-6-15/h1-8,11,22H,9-10,12-14H2,(H,33,34)/t22-/m0/s1. The summed E-state index contributed by atoms with van der Waals surface area (Å²) in [5.41, 5.74) is 3.57. The minimum Gasteiger partial charge on any atom is -0.487 e. The fourth-order valence-electron chi connectivity index (χ4n) is 4.11. The van der Waals surface area contributed by atoms with Gasteiger partial charge in [0.15, 0.2) is 0 Å². The Balaban J connectivity index is 1.58. The van der Waals surface area contributed by atoms with E-state index in [1.54, 1.807) is 18.2 Å². The molecule has 1 aliphatic rings. The lowest BCUT2D eigenvalue weighted by Gasteiger charge is -2.35. The maximum atomic E-state index is 13.1. The predicted octanol–water partition coefficient (Wildman–Crippen LogP) is 6.75. The maximum absolute atomic E-state index is 13.1. The molecule has 1 heterocycles. The molecule has 0 saturated carbocycles. The lowest BCUT2D eigenvalue weighted by molar-refractivity contribution is -0.151. The Kier molecular flexibility index (Phi) is 8.83. The van der Waals surface area contributed by atoms with Crippen LogP contribution in [0.15, 0.2) is 54.6 Å². The zero-order chi connectivity index (χ0) is 25.1. The number of fused-ring (bicyclic) bond motifs is 1. The van der Waals surface area contributed by atoms with Crippen LogP contribution in [-0.2, 0) is 35.6 Å². The average molecular weight is 736 g/mol. The molecule has 182 valence electrons. The molecule has 1 N–H and O–H groups in total. The molecule has 9 heteroatoms. The van der Waals surface area contributed by atoms with E-state index < -0.39 is 12.0 Å². The first-order chi connectivity index (χ1) is 16.8. The first-order valence-corrected chi connectivity index (χ1v) is 13.8. The summed E-state index contributed by atoms with van der Waals surface area (Å²) in [6, 6.07) is 16.1. The number of aryl methyl sites for hydroxylation is 1. The third-order valence-electron chi connectivity index (χ3n) is 5.99. The van der Waals surface area contributed by atoms with E-state index in [2.05, 4.69) is 45.2 Å². The molecule has 0 bridgehead atoms. The number of halogens is 4. The van der Waals surface area contributed by atoms with E-state index in [4.69, 9.17) is 27.9 Å². The van der Waals surface area contributed by atoms with E-state index in [-0.39, 0.29) is 31.9 Å². The van der Waals surface area contributed by atoms with Gasteiger partial charge in [-0.1, -0.05) is 59.6 Å². The Hall–Kier alpha value is -1.56. The number of rotatable bonds is 7. The molecule has 0 saturated heterocycles. The Morgan fingerprint density at radius 2 is 1.74 bits per heavy atom. The number of carboxylic acids is 1. The van der Waals surface area contributed by atoms with Crippen LogP contribution in [0, 0.1) is 7.14 Å². The fraction of sp³-hybridized carbons (Fsp3) is 0.231. The predicted molar refractivity (Wildman–Crippen MR) is 153 cm³/mol. The van der Waals surface area contributed by atoms with Crippen molar-refractivity contribution in [2.75, 3.05) is 0 Å². The molecule has 0 aliphatic carbocycles. The van der Waals surface area contributed by atoms with Crippen LogP contribution in [0.3, 0.4) is 0 Å². The van der Waals surface area contributed by atoms with Gasteiger partial charge in [0.2, 0.25) is 5.91 Å². The first kappa shape index (κ1) is 26.5. The van der Waals surface area contributed by atoms with Crippen LogP contribution in [0.1, 0.15) is 28.7 Å². The third-order valence-corrected chi connectivity index (χ3v) is 8.64. The van der Waals surface area contributed by atoms with Crippen LogP contribution < -0.4 is 4.74 Å². The van der Waals surface area contributed by atoms with Crippen LogP contribution in [0.25, 0.3) is 0 Å². The monoisotopic (exact) mass is 735 g/mol. The molecule has 1 amide bonds. The van der Waals surface area contributed by atoms with E-state index >= 15 is 0 Å². The highest BCUT2D eigenvalue weighted by Gasteiger charge is 2.36. The van der Waals surface area contributed by atoms with E-state index in [0.717, 1.165) is 23.8 Å². The number of carboxylic acid groups (broad SMARTS) is 1. The second-order valence-electron chi connectivity index (χ2n) is 8.19. The summed E-state index contributed by atoms with van der Waals surface area (Å²) in [6.07, 6.45) is 1.06. The minimum absolute atomic E-state index is 0.174. The number of hydrogen-bond donors (Lipinski definition) is 1. The van der Waals surface area contributed by atoms with Gasteiger partial charge in [0.1, 0.15) is 18.4 Å². The van der Waals surface area contributed by atoms with Gasteiger partial charge >= 0.3 is 5.97 Å². The third kappa shape index (κ3) is 6.06.